The van der Waals surface area contributed by atoms with Gasteiger partial charge in [0.1, 0.15) is 28.8 Å². The van der Waals surface area contributed by atoms with Gasteiger partial charge >= 0.3 is 12.3 Å². The molecule has 0 aromatic heterocycles. The molecular weight excluding hydrogens is 528 g/mol. The summed E-state index contributed by atoms with van der Waals surface area (Å²) < 4.78 is 114. The van der Waals surface area contributed by atoms with E-state index in [9.17, 15) is 35.1 Å². The van der Waals surface area contributed by atoms with Crippen molar-refractivity contribution in [2.24, 2.45) is 23.7 Å². The van der Waals surface area contributed by atoms with E-state index in [1.165, 1.54) is 31.7 Å². The van der Waals surface area contributed by atoms with Crippen LogP contribution in [-0.4, -0.2) is 0 Å². The van der Waals surface area contributed by atoms with Crippen molar-refractivity contribution >= 4 is 6.08 Å². The smallest absolute Gasteiger partial charge is 0.429 e. The van der Waals surface area contributed by atoms with E-state index in [0.717, 1.165) is 43.7 Å². The highest BCUT2D eigenvalue weighted by Gasteiger charge is 2.41. The van der Waals surface area contributed by atoms with Crippen molar-refractivity contribution < 1.29 is 39.9 Å². The van der Waals surface area contributed by atoms with Crippen LogP contribution in [0.5, 0.6) is 5.75 Å². The Bertz CT molecular complexity index is 1160. The van der Waals surface area contributed by atoms with E-state index in [-0.39, 0.29) is 12.1 Å². The summed E-state index contributed by atoms with van der Waals surface area (Å²) in [4.78, 5) is 0. The lowest BCUT2D eigenvalue weighted by molar-refractivity contribution is -0.187. The minimum Gasteiger partial charge on any atom is -0.429 e. The summed E-state index contributed by atoms with van der Waals surface area (Å²) in [6, 6.07) is 2.89. The SMILES string of the molecule is C=CC1CCC(C2CCC(C=Cc3ccc(C(F)(F)Oc4cc(F)c(C(F)(F)F)c(F)c4)c(F)c3)CC2)CC1. The molecule has 9 heteroatoms. The van der Waals surface area contributed by atoms with Crippen molar-refractivity contribution in [3.05, 3.63) is 83.2 Å². The summed E-state index contributed by atoms with van der Waals surface area (Å²) in [5.41, 5.74) is -3.10. The Kier molecular flexibility index (Phi) is 8.76. The highest BCUT2D eigenvalue weighted by molar-refractivity contribution is 5.50. The van der Waals surface area contributed by atoms with Crippen LogP contribution in [0.3, 0.4) is 0 Å². The molecule has 0 atom stereocenters. The Morgan fingerprint density at radius 3 is 1.74 bits per heavy atom. The third-order valence-corrected chi connectivity index (χ3v) is 8.05. The number of rotatable bonds is 7. The lowest BCUT2D eigenvalue weighted by Gasteiger charge is -2.36. The first-order valence-electron chi connectivity index (χ1n) is 13.1. The van der Waals surface area contributed by atoms with Crippen LogP contribution < -0.4 is 4.74 Å². The Morgan fingerprint density at radius 2 is 1.26 bits per heavy atom. The molecule has 2 aliphatic rings. The summed E-state index contributed by atoms with van der Waals surface area (Å²) in [5, 5.41) is 0. The fraction of sp³-hybridized carbons (Fsp3) is 0.467. The van der Waals surface area contributed by atoms with Crippen LogP contribution >= 0.6 is 0 Å². The van der Waals surface area contributed by atoms with Crippen LogP contribution in [0.1, 0.15) is 68.1 Å². The molecule has 39 heavy (non-hydrogen) atoms. The van der Waals surface area contributed by atoms with Gasteiger partial charge in [-0.1, -0.05) is 24.3 Å². The maximum atomic E-state index is 14.6. The van der Waals surface area contributed by atoms with Gasteiger partial charge in [0.2, 0.25) is 0 Å². The predicted octanol–water partition coefficient (Wildman–Crippen LogP) is 10.1. The third-order valence-electron chi connectivity index (χ3n) is 8.05. The molecule has 0 unspecified atom stereocenters. The topological polar surface area (TPSA) is 9.23 Å². The minimum absolute atomic E-state index is 0.0180. The average molecular weight is 559 g/mol. The molecule has 212 valence electrons. The van der Waals surface area contributed by atoms with E-state index in [1.807, 2.05) is 6.08 Å². The molecule has 1 nitrogen and oxygen atoms in total. The molecule has 0 bridgehead atoms. The molecule has 2 saturated carbocycles. The van der Waals surface area contributed by atoms with Crippen molar-refractivity contribution in [3.8, 4) is 5.75 Å². The Hall–Kier alpha value is -2.84. The second-order valence-corrected chi connectivity index (χ2v) is 10.6. The fourth-order valence-corrected chi connectivity index (χ4v) is 5.86. The number of allylic oxidation sites excluding steroid dienone is 2. The molecule has 0 spiro atoms. The number of ether oxygens (including phenoxy) is 1. The van der Waals surface area contributed by atoms with Crippen molar-refractivity contribution in [2.45, 2.75) is 63.7 Å². The Balaban J connectivity index is 1.36. The van der Waals surface area contributed by atoms with Crippen LogP contribution in [0.2, 0.25) is 0 Å². The van der Waals surface area contributed by atoms with Crippen LogP contribution in [-0.2, 0) is 12.3 Å². The summed E-state index contributed by atoms with van der Waals surface area (Å²) in [6.07, 6.45) is 5.09. The van der Waals surface area contributed by atoms with Gasteiger partial charge in [0, 0.05) is 12.1 Å². The van der Waals surface area contributed by atoms with Crippen LogP contribution in [0.25, 0.3) is 6.08 Å². The van der Waals surface area contributed by atoms with Gasteiger partial charge in [0.15, 0.2) is 0 Å². The fourth-order valence-electron chi connectivity index (χ4n) is 5.86. The van der Waals surface area contributed by atoms with Gasteiger partial charge in [0.05, 0.1) is 5.56 Å². The number of hydrogen-bond donors (Lipinski definition) is 0. The number of alkyl halides is 5. The average Bonchev–Trinajstić information content (AvgIpc) is 2.86. The lowest BCUT2D eigenvalue weighted by atomic mass is 9.69. The highest BCUT2D eigenvalue weighted by Crippen LogP contribution is 2.42. The maximum absolute atomic E-state index is 14.6. The molecule has 4 rings (SSSR count). The molecule has 2 fully saturated rings. The van der Waals surface area contributed by atoms with Crippen LogP contribution in [0.4, 0.5) is 35.1 Å². The molecule has 0 heterocycles. The van der Waals surface area contributed by atoms with Gasteiger partial charge in [-0.25, -0.2) is 13.2 Å². The molecule has 2 aromatic carbocycles. The first-order chi connectivity index (χ1) is 18.4. The van der Waals surface area contributed by atoms with E-state index >= 15 is 0 Å². The largest absolute Gasteiger partial charge is 0.429 e. The molecule has 0 radical (unpaired) electrons. The van der Waals surface area contributed by atoms with Gasteiger partial charge in [-0.2, -0.15) is 22.0 Å². The summed E-state index contributed by atoms with van der Waals surface area (Å²) >= 11 is 0. The molecule has 2 aromatic rings. The molecule has 0 saturated heterocycles. The lowest BCUT2D eigenvalue weighted by Crippen LogP contribution is -2.25. The summed E-state index contributed by atoms with van der Waals surface area (Å²) in [5.74, 6) is -4.37. The monoisotopic (exact) mass is 558 g/mol. The second kappa shape index (κ2) is 11.7. The highest BCUT2D eigenvalue weighted by atomic mass is 19.4. The minimum atomic E-state index is -5.37. The zero-order valence-corrected chi connectivity index (χ0v) is 21.2. The van der Waals surface area contributed by atoms with Gasteiger partial charge < -0.3 is 4.74 Å². The van der Waals surface area contributed by atoms with Gasteiger partial charge in [0.25, 0.3) is 0 Å². The molecule has 0 amide bonds. The summed E-state index contributed by atoms with van der Waals surface area (Å²) in [7, 11) is 0. The zero-order chi connectivity index (χ0) is 28.4. The zero-order valence-electron chi connectivity index (χ0n) is 21.2. The van der Waals surface area contributed by atoms with E-state index in [1.54, 1.807) is 6.08 Å². The summed E-state index contributed by atoms with van der Waals surface area (Å²) in [6.45, 7) is 3.90. The van der Waals surface area contributed by atoms with Crippen molar-refractivity contribution in [2.75, 3.05) is 0 Å². The van der Waals surface area contributed by atoms with Crippen LogP contribution in [0.15, 0.2) is 49.1 Å². The number of halogens is 8. The quantitative estimate of drug-likeness (QED) is 0.243. The molecule has 2 aliphatic carbocycles. The number of hydrogen-bond acceptors (Lipinski definition) is 1. The van der Waals surface area contributed by atoms with Crippen LogP contribution in [0, 0.1) is 41.1 Å². The van der Waals surface area contributed by atoms with Crippen molar-refractivity contribution in [1.29, 1.82) is 0 Å². The Morgan fingerprint density at radius 1 is 0.718 bits per heavy atom. The first kappa shape index (κ1) is 29.2. The van der Waals surface area contributed by atoms with E-state index < -0.39 is 46.6 Å². The number of benzene rings is 2. The Labute approximate surface area is 222 Å². The second-order valence-electron chi connectivity index (χ2n) is 10.6. The first-order valence-corrected chi connectivity index (χ1v) is 13.1. The van der Waals surface area contributed by atoms with E-state index in [0.29, 0.717) is 23.3 Å². The van der Waals surface area contributed by atoms with Crippen molar-refractivity contribution in [3.63, 3.8) is 0 Å². The predicted molar refractivity (Wildman–Crippen MR) is 132 cm³/mol. The molecular formula is C30H30F8O. The van der Waals surface area contributed by atoms with E-state index in [2.05, 4.69) is 17.4 Å². The molecule has 0 N–H and O–H groups in total. The normalized spacial score (nSPS) is 24.6. The van der Waals surface area contributed by atoms with E-state index in [4.69, 9.17) is 0 Å². The van der Waals surface area contributed by atoms with Gasteiger partial charge in [-0.3, -0.25) is 0 Å². The molecule has 0 aliphatic heterocycles. The third kappa shape index (κ3) is 7.03. The van der Waals surface area contributed by atoms with Gasteiger partial charge in [-0.15, -0.1) is 6.58 Å². The standard InChI is InChI=1S/C30H30F8O/c1-2-18-5-10-21(11-6-18)22-12-7-19(8-13-22)3-4-20-9-14-24(25(31)15-20)30(37,38)39-23-16-26(32)28(27(33)17-23)29(34,35)36/h2-4,9,14-19,21-22H,1,5-8,10-13H2. The van der Waals surface area contributed by atoms with Gasteiger partial charge in [-0.05, 0) is 92.7 Å². The van der Waals surface area contributed by atoms with Crippen molar-refractivity contribution in [1.82, 2.24) is 0 Å². The maximum Gasteiger partial charge on any atom is 0.429 e.